The second-order valence-electron chi connectivity index (χ2n) is 12.1. The van der Waals surface area contributed by atoms with Crippen LogP contribution in [0.15, 0.2) is 35.8 Å². The number of ketones is 2. The average molecular weight is 587 g/mol. The van der Waals surface area contributed by atoms with E-state index in [2.05, 4.69) is 41.5 Å². The Bertz CT molecular complexity index is 836. The zero-order valence-electron chi connectivity index (χ0n) is 26.7. The van der Waals surface area contributed by atoms with Crippen molar-refractivity contribution in [1.82, 2.24) is 0 Å². The minimum Gasteiger partial charge on any atom is -0.538 e. The van der Waals surface area contributed by atoms with Crippen molar-refractivity contribution in [2.45, 2.75) is 155 Å². The van der Waals surface area contributed by atoms with Crippen molar-refractivity contribution in [2.24, 2.45) is 0 Å². The van der Waals surface area contributed by atoms with E-state index in [0.29, 0.717) is 11.1 Å². The zero-order valence-corrected chi connectivity index (χ0v) is 28.7. The summed E-state index contributed by atoms with van der Waals surface area (Å²) in [7, 11) is -4.65. The highest BCUT2D eigenvalue weighted by Gasteiger charge is 2.45. The van der Waals surface area contributed by atoms with Gasteiger partial charge in [-0.2, -0.15) is 0 Å². The smallest absolute Gasteiger partial charge is 0.251 e. The lowest BCUT2D eigenvalue weighted by Gasteiger charge is -2.38. The predicted molar refractivity (Wildman–Crippen MR) is 174 cm³/mol. The molecule has 226 valence electrons. The number of carbonyl (C=O) groups excluding carboxylic acids is 2. The van der Waals surface area contributed by atoms with Gasteiger partial charge in [0.15, 0.2) is 11.5 Å². The first-order valence-electron chi connectivity index (χ1n) is 16.7. The molecule has 6 heteroatoms. The van der Waals surface area contributed by atoms with Gasteiger partial charge in [-0.05, 0) is 36.3 Å². The summed E-state index contributed by atoms with van der Waals surface area (Å²) < 4.78 is 14.3. The Morgan fingerprint density at radius 3 is 0.950 bits per heavy atom. The van der Waals surface area contributed by atoms with Gasteiger partial charge in [-0.1, -0.05) is 143 Å². The molecule has 0 heterocycles. The minimum absolute atomic E-state index is 0.143. The Kier molecular flexibility index (Phi) is 15.5. The van der Waals surface area contributed by atoms with Crippen LogP contribution in [-0.4, -0.2) is 28.2 Å². The molecule has 0 aliphatic heterocycles. The van der Waals surface area contributed by atoms with E-state index in [0.717, 1.165) is 113 Å². The normalized spacial score (nSPS) is 14.1. The van der Waals surface area contributed by atoms with E-state index in [4.69, 9.17) is 8.85 Å². The molecular weight excluding hydrogens is 529 g/mol. The van der Waals surface area contributed by atoms with Gasteiger partial charge >= 0.3 is 0 Å². The average Bonchev–Trinajstić information content (AvgIpc) is 2.98. The lowest BCUT2D eigenvalue weighted by molar-refractivity contribution is 0.0888. The van der Waals surface area contributed by atoms with Crippen molar-refractivity contribution in [3.63, 3.8) is 0 Å². The third-order valence-electron chi connectivity index (χ3n) is 8.59. The molecule has 0 saturated heterocycles. The molecule has 4 nitrogen and oxygen atoms in total. The highest BCUT2D eigenvalue weighted by Crippen LogP contribution is 2.39. The van der Waals surface area contributed by atoms with E-state index in [1.54, 1.807) is 12.1 Å². The molecule has 0 spiro atoms. The van der Waals surface area contributed by atoms with Crippen LogP contribution in [-0.2, 0) is 8.85 Å². The number of fused-ring (bicyclic) bond motifs is 1. The first-order valence-corrected chi connectivity index (χ1v) is 21.7. The summed E-state index contributed by atoms with van der Waals surface area (Å²) in [5.41, 5.74) is 0.948. The maximum atomic E-state index is 14.2. The van der Waals surface area contributed by atoms with Crippen molar-refractivity contribution in [3.05, 3.63) is 46.9 Å². The monoisotopic (exact) mass is 586 g/mol. The van der Waals surface area contributed by atoms with Crippen LogP contribution >= 0.6 is 0 Å². The van der Waals surface area contributed by atoms with Gasteiger partial charge < -0.3 is 8.85 Å². The Labute approximate surface area is 248 Å². The lowest BCUT2D eigenvalue weighted by atomic mass is 9.92. The minimum atomic E-state index is -2.33. The zero-order chi connectivity index (χ0) is 29.4. The second kappa shape index (κ2) is 18.0. The van der Waals surface area contributed by atoms with Crippen LogP contribution in [0, 0.1) is 0 Å². The molecule has 0 aromatic heterocycles. The number of rotatable bonds is 22. The number of hydrogen-bond donors (Lipinski definition) is 0. The molecular formula is C34H58O4Si2. The Balaban J connectivity index is 2.72. The topological polar surface area (TPSA) is 52.6 Å². The first kappa shape index (κ1) is 34.5. The van der Waals surface area contributed by atoms with E-state index < -0.39 is 16.6 Å². The van der Waals surface area contributed by atoms with Gasteiger partial charge in [-0.25, -0.2) is 0 Å². The molecule has 1 aliphatic rings. The molecule has 1 aliphatic carbocycles. The molecule has 0 radical (unpaired) electrons. The Morgan fingerprint density at radius 1 is 0.475 bits per heavy atom. The molecule has 0 atom stereocenters. The summed E-state index contributed by atoms with van der Waals surface area (Å²) in [6.07, 6.45) is 13.2. The molecule has 1 aromatic carbocycles. The second-order valence-corrected chi connectivity index (χ2v) is 20.2. The van der Waals surface area contributed by atoms with Crippen molar-refractivity contribution < 1.29 is 18.4 Å². The third-order valence-corrected chi connectivity index (χ3v) is 17.5. The van der Waals surface area contributed by atoms with E-state index in [1.165, 1.54) is 0 Å². The van der Waals surface area contributed by atoms with Gasteiger partial charge in [0, 0.05) is 11.1 Å². The highest BCUT2D eigenvalue weighted by atomic mass is 28.4. The predicted octanol–water partition coefficient (Wildman–Crippen LogP) is 11.0. The third kappa shape index (κ3) is 9.44. The summed E-state index contributed by atoms with van der Waals surface area (Å²) in [5, 5.41) is 0. The summed E-state index contributed by atoms with van der Waals surface area (Å²) in [5.74, 6) is 0.243. The van der Waals surface area contributed by atoms with E-state index in [-0.39, 0.29) is 23.1 Å². The molecule has 0 N–H and O–H groups in total. The Morgan fingerprint density at radius 2 is 0.725 bits per heavy atom. The van der Waals surface area contributed by atoms with Gasteiger partial charge in [0.2, 0.25) is 11.6 Å². The largest absolute Gasteiger partial charge is 0.538 e. The molecule has 0 fully saturated rings. The molecule has 0 bridgehead atoms. The summed E-state index contributed by atoms with van der Waals surface area (Å²) >= 11 is 0. The van der Waals surface area contributed by atoms with Gasteiger partial charge in [0.1, 0.15) is 0 Å². The summed E-state index contributed by atoms with van der Waals surface area (Å²) in [6.45, 7) is 13.4. The van der Waals surface area contributed by atoms with Crippen molar-refractivity contribution in [3.8, 4) is 0 Å². The fourth-order valence-corrected chi connectivity index (χ4v) is 15.3. The number of Topliss-reactive ketones (excluding diaryl/α,β-unsaturated/α-hetero) is 2. The van der Waals surface area contributed by atoms with Crippen LogP contribution in [0.5, 0.6) is 0 Å². The van der Waals surface area contributed by atoms with Crippen LogP contribution < -0.4 is 0 Å². The number of hydrogen-bond acceptors (Lipinski definition) is 4. The van der Waals surface area contributed by atoms with Gasteiger partial charge in [-0.15, -0.1) is 0 Å². The van der Waals surface area contributed by atoms with E-state index >= 15 is 0 Å². The maximum absolute atomic E-state index is 14.2. The van der Waals surface area contributed by atoms with Crippen LogP contribution in [0.2, 0.25) is 36.3 Å². The number of allylic oxidation sites excluding steroid dienone is 2. The van der Waals surface area contributed by atoms with Gasteiger partial charge in [0.25, 0.3) is 16.6 Å². The number of benzene rings is 1. The van der Waals surface area contributed by atoms with Gasteiger partial charge in [0.05, 0.1) is 0 Å². The molecule has 2 rings (SSSR count). The fourth-order valence-electron chi connectivity index (χ4n) is 6.00. The van der Waals surface area contributed by atoms with Crippen LogP contribution in [0.1, 0.15) is 139 Å². The molecule has 1 aromatic rings. The molecule has 0 saturated carbocycles. The molecule has 40 heavy (non-hydrogen) atoms. The highest BCUT2D eigenvalue weighted by molar-refractivity contribution is 6.75. The number of carbonyl (C=O) groups is 2. The molecule has 0 unspecified atom stereocenters. The maximum Gasteiger partial charge on any atom is 0.251 e. The van der Waals surface area contributed by atoms with Crippen LogP contribution in [0.3, 0.4) is 0 Å². The van der Waals surface area contributed by atoms with Crippen LogP contribution in [0.4, 0.5) is 0 Å². The Hall–Kier alpha value is -1.67. The van der Waals surface area contributed by atoms with Crippen LogP contribution in [0.25, 0.3) is 0 Å². The standard InChI is InChI=1S/C34H58O4Si2/c1-7-13-23-39(24-14-8-2,25-15-9-3)37-33-31(35)29-21-19-20-22-30(29)32(36)34(33)38-40(26-16-10-4,27-17-11-5)28-18-12-6/h19-22H,7-18,23-28H2,1-6H3. The number of unbranched alkanes of at least 4 members (excludes halogenated alkanes) is 6. The summed E-state index contributed by atoms with van der Waals surface area (Å²) in [4.78, 5) is 28.4. The van der Waals surface area contributed by atoms with E-state index in [1.807, 2.05) is 12.1 Å². The van der Waals surface area contributed by atoms with Crippen molar-refractivity contribution in [2.75, 3.05) is 0 Å². The fraction of sp³-hybridized carbons (Fsp3) is 0.706. The quantitative estimate of drug-likeness (QED) is 0.127. The SMILES string of the molecule is CCCC[Si](CCCC)(CCCC)OC1=C(O[Si](CCCC)(CCCC)CCCC)C(=O)c2ccccc2C1=O. The lowest BCUT2D eigenvalue weighted by Crippen LogP contribution is -2.44. The van der Waals surface area contributed by atoms with Gasteiger partial charge in [-0.3, -0.25) is 9.59 Å². The summed E-state index contributed by atoms with van der Waals surface area (Å²) in [6, 6.07) is 13.5. The van der Waals surface area contributed by atoms with E-state index in [9.17, 15) is 9.59 Å². The first-order chi connectivity index (χ1) is 19.4. The molecule has 0 amide bonds. The van der Waals surface area contributed by atoms with Crippen molar-refractivity contribution in [1.29, 1.82) is 0 Å². The van der Waals surface area contributed by atoms with Crippen molar-refractivity contribution >= 4 is 28.2 Å².